The van der Waals surface area contributed by atoms with Crippen LogP contribution in [0.4, 0.5) is 11.6 Å². The average Bonchev–Trinajstić information content (AvgIpc) is 3.23. The van der Waals surface area contributed by atoms with Crippen molar-refractivity contribution in [2.24, 2.45) is 0 Å². The molecule has 1 aromatic carbocycles. The number of pyridine rings is 1. The Morgan fingerprint density at radius 3 is 2.34 bits per heavy atom. The Bertz CT molecular complexity index is 1590. The highest BCUT2D eigenvalue weighted by Gasteiger charge is 2.32. The van der Waals surface area contributed by atoms with Gasteiger partial charge in [-0.3, -0.25) is 9.29 Å². The van der Waals surface area contributed by atoms with Gasteiger partial charge in [0.2, 0.25) is 21.6 Å². The molecule has 38 heavy (non-hydrogen) atoms. The topological polar surface area (TPSA) is 154 Å². The molecule has 13 nitrogen and oxygen atoms in total. The number of nitrogens with one attached hydrogen (secondary N) is 1. The minimum absolute atomic E-state index is 0. The van der Waals surface area contributed by atoms with Crippen LogP contribution in [0.5, 0.6) is 17.4 Å². The zero-order valence-electron chi connectivity index (χ0n) is 21.2. The van der Waals surface area contributed by atoms with E-state index in [4.69, 9.17) is 19.2 Å². The fourth-order valence-electron chi connectivity index (χ4n) is 4.18. The molecule has 4 aromatic rings. The molecular formula is C24H29N7O6S. The number of sulfonamides is 1. The molecule has 1 aliphatic rings. The monoisotopic (exact) mass is 543 g/mol. The lowest BCUT2D eigenvalue weighted by Gasteiger charge is -2.37. The van der Waals surface area contributed by atoms with Gasteiger partial charge in [-0.25, -0.2) is 28.4 Å². The number of aromatic nitrogens is 5. The SMILES string of the molecule is CCOc1cccc(-c2nc3nc(N4CC(O)C4)c(NS(C)(=O)=O)nc3n2-c2c(OC)cccc2OC)n1.[HH]. The maximum atomic E-state index is 12.2. The zero-order valence-corrected chi connectivity index (χ0v) is 22.1. The molecule has 1 saturated heterocycles. The smallest absolute Gasteiger partial charge is 0.231 e. The van der Waals surface area contributed by atoms with Crippen LogP contribution in [-0.2, 0) is 10.0 Å². The number of β-amino-alcohol motifs (C(OH)–C–C–N with tert-alkyl or cyclic N) is 1. The lowest BCUT2D eigenvalue weighted by atomic mass is 10.2. The molecule has 0 bridgehead atoms. The van der Waals surface area contributed by atoms with Gasteiger partial charge in [0, 0.05) is 20.6 Å². The first-order valence-electron chi connectivity index (χ1n) is 11.7. The van der Waals surface area contributed by atoms with Gasteiger partial charge < -0.3 is 24.2 Å². The number of nitrogens with zero attached hydrogens (tertiary/aromatic N) is 6. The molecule has 0 spiro atoms. The first-order chi connectivity index (χ1) is 18.2. The van der Waals surface area contributed by atoms with E-state index >= 15 is 0 Å². The van der Waals surface area contributed by atoms with Crippen LogP contribution in [0.1, 0.15) is 8.35 Å². The van der Waals surface area contributed by atoms with Crippen molar-refractivity contribution in [2.75, 3.05) is 49.8 Å². The fraction of sp³-hybridized carbons (Fsp3) is 0.333. The number of benzene rings is 1. The van der Waals surface area contributed by atoms with Gasteiger partial charge in [0.1, 0.15) is 22.9 Å². The lowest BCUT2D eigenvalue weighted by molar-refractivity contribution is 0.141. The van der Waals surface area contributed by atoms with E-state index in [9.17, 15) is 13.5 Å². The number of rotatable bonds is 9. The second-order valence-corrected chi connectivity index (χ2v) is 10.3. The molecule has 14 heteroatoms. The second kappa shape index (κ2) is 9.95. The molecule has 5 rings (SSSR count). The Balaban J connectivity index is 0.00000353. The van der Waals surface area contributed by atoms with Crippen molar-refractivity contribution < 1.29 is 29.2 Å². The summed E-state index contributed by atoms with van der Waals surface area (Å²) in [5, 5.41) is 9.85. The maximum Gasteiger partial charge on any atom is 0.231 e. The minimum Gasteiger partial charge on any atom is -0.494 e. The first-order valence-corrected chi connectivity index (χ1v) is 13.6. The lowest BCUT2D eigenvalue weighted by Crippen LogP contribution is -2.51. The standard InChI is InChI=1S/C24H27N7O6S.H2/c1-5-37-18-11-6-8-15(25-18)22-26-20-24(31(22)19-16(35-2)9-7-10-17(19)36-3)28-21(29-38(4,33)34)23(27-20)30-12-14(32)13-30;/h6-11,14,32H,5,12-13H2,1-4H3,(H,28,29);1H. The molecule has 1 fully saturated rings. The van der Waals surface area contributed by atoms with E-state index in [1.54, 1.807) is 45.9 Å². The highest BCUT2D eigenvalue weighted by Crippen LogP contribution is 2.39. The molecule has 1 aliphatic heterocycles. The van der Waals surface area contributed by atoms with Crippen LogP contribution < -0.4 is 23.8 Å². The number of ether oxygens (including phenoxy) is 3. The van der Waals surface area contributed by atoms with E-state index in [2.05, 4.69) is 19.7 Å². The molecule has 2 N–H and O–H groups in total. The number of fused-ring (bicyclic) bond motifs is 1. The minimum atomic E-state index is -3.71. The second-order valence-electron chi connectivity index (χ2n) is 8.55. The normalized spacial score (nSPS) is 13.9. The number of aliphatic hydroxyl groups is 1. The van der Waals surface area contributed by atoms with Crippen molar-refractivity contribution in [3.8, 4) is 34.6 Å². The highest BCUT2D eigenvalue weighted by atomic mass is 32.2. The van der Waals surface area contributed by atoms with E-state index in [0.717, 1.165) is 6.26 Å². The van der Waals surface area contributed by atoms with Gasteiger partial charge >= 0.3 is 0 Å². The summed E-state index contributed by atoms with van der Waals surface area (Å²) < 4.78 is 45.5. The summed E-state index contributed by atoms with van der Waals surface area (Å²) in [4.78, 5) is 20.4. The van der Waals surface area contributed by atoms with Gasteiger partial charge in [0.25, 0.3) is 0 Å². The Kier molecular flexibility index (Phi) is 6.67. The van der Waals surface area contributed by atoms with Crippen molar-refractivity contribution in [2.45, 2.75) is 13.0 Å². The molecule has 0 radical (unpaired) electrons. The molecule has 0 aliphatic carbocycles. The summed E-state index contributed by atoms with van der Waals surface area (Å²) in [6.45, 7) is 2.86. The van der Waals surface area contributed by atoms with Crippen LogP contribution in [0, 0.1) is 0 Å². The summed E-state index contributed by atoms with van der Waals surface area (Å²) in [6, 6.07) is 10.6. The largest absolute Gasteiger partial charge is 0.494 e. The quantitative estimate of drug-likeness (QED) is 0.319. The molecule has 0 atom stereocenters. The van der Waals surface area contributed by atoms with Gasteiger partial charge in [0.15, 0.2) is 23.1 Å². The van der Waals surface area contributed by atoms with Crippen molar-refractivity contribution >= 4 is 33.0 Å². The number of imidazole rings is 1. The van der Waals surface area contributed by atoms with Crippen LogP contribution in [0.3, 0.4) is 0 Å². The maximum absolute atomic E-state index is 12.2. The van der Waals surface area contributed by atoms with Crippen molar-refractivity contribution in [3.05, 3.63) is 36.4 Å². The molecule has 0 unspecified atom stereocenters. The third kappa shape index (κ3) is 4.75. The van der Waals surface area contributed by atoms with Crippen molar-refractivity contribution in [3.63, 3.8) is 0 Å². The summed E-state index contributed by atoms with van der Waals surface area (Å²) in [5.41, 5.74) is 1.40. The van der Waals surface area contributed by atoms with Gasteiger partial charge in [-0.05, 0) is 25.1 Å². The molecular weight excluding hydrogens is 514 g/mol. The number of aliphatic hydroxyl groups excluding tert-OH is 1. The molecule has 202 valence electrons. The summed E-state index contributed by atoms with van der Waals surface area (Å²) >= 11 is 0. The molecule has 0 saturated carbocycles. The van der Waals surface area contributed by atoms with Gasteiger partial charge in [-0.2, -0.15) is 0 Å². The Labute approximate surface area is 220 Å². The number of methoxy groups -OCH3 is 2. The summed E-state index contributed by atoms with van der Waals surface area (Å²) in [5.74, 6) is 1.94. The fourth-order valence-corrected chi connectivity index (χ4v) is 4.67. The van der Waals surface area contributed by atoms with Crippen LogP contribution in [0.15, 0.2) is 36.4 Å². The predicted molar refractivity (Wildman–Crippen MR) is 143 cm³/mol. The summed E-state index contributed by atoms with van der Waals surface area (Å²) in [7, 11) is -0.653. The van der Waals surface area contributed by atoms with Crippen LogP contribution in [-0.4, -0.2) is 84.3 Å². The zero-order chi connectivity index (χ0) is 27.0. The molecule has 4 heterocycles. The highest BCUT2D eigenvalue weighted by molar-refractivity contribution is 7.92. The van der Waals surface area contributed by atoms with Crippen LogP contribution >= 0.6 is 0 Å². The van der Waals surface area contributed by atoms with Crippen molar-refractivity contribution in [1.82, 2.24) is 24.5 Å². The Morgan fingerprint density at radius 1 is 1.05 bits per heavy atom. The van der Waals surface area contributed by atoms with E-state index in [0.29, 0.717) is 41.2 Å². The van der Waals surface area contributed by atoms with Crippen LogP contribution in [0.25, 0.3) is 28.5 Å². The van der Waals surface area contributed by atoms with Gasteiger partial charge in [0.05, 0.1) is 33.2 Å². The predicted octanol–water partition coefficient (Wildman–Crippen LogP) is 2.09. The Hall–Kier alpha value is -4.17. The van der Waals surface area contributed by atoms with Gasteiger partial charge in [-0.15, -0.1) is 0 Å². The van der Waals surface area contributed by atoms with Crippen molar-refractivity contribution in [1.29, 1.82) is 0 Å². The average molecular weight is 544 g/mol. The number of anilines is 2. The van der Waals surface area contributed by atoms with E-state index in [1.807, 2.05) is 6.92 Å². The van der Waals surface area contributed by atoms with Crippen LogP contribution in [0.2, 0.25) is 0 Å². The third-order valence-corrected chi connectivity index (χ3v) is 6.36. The van der Waals surface area contributed by atoms with E-state index in [-0.39, 0.29) is 37.4 Å². The number of hydrogen-bond acceptors (Lipinski definition) is 11. The molecule has 3 aromatic heterocycles. The Morgan fingerprint density at radius 2 is 1.74 bits per heavy atom. The third-order valence-electron chi connectivity index (χ3n) is 5.79. The van der Waals surface area contributed by atoms with E-state index < -0.39 is 16.1 Å². The number of para-hydroxylation sites is 1. The van der Waals surface area contributed by atoms with E-state index in [1.165, 1.54) is 14.2 Å². The van der Waals surface area contributed by atoms with Gasteiger partial charge in [-0.1, -0.05) is 12.1 Å². The first kappa shape index (κ1) is 25.5. The molecule has 0 amide bonds. The number of hydrogen-bond donors (Lipinski definition) is 2. The summed E-state index contributed by atoms with van der Waals surface area (Å²) in [6.07, 6.45) is 0.484.